The van der Waals surface area contributed by atoms with Crippen molar-refractivity contribution in [1.29, 1.82) is 0 Å². The molecule has 5 rings (SSSR count). The molecule has 2 aliphatic heterocycles. The van der Waals surface area contributed by atoms with Gasteiger partial charge in [0.1, 0.15) is 35.7 Å². The summed E-state index contributed by atoms with van der Waals surface area (Å²) in [6, 6.07) is 19.2. The Bertz CT molecular complexity index is 1460. The van der Waals surface area contributed by atoms with E-state index < -0.39 is 12.1 Å². The minimum absolute atomic E-state index is 0.0446. The molecule has 9 nitrogen and oxygen atoms in total. The van der Waals surface area contributed by atoms with E-state index in [-0.39, 0.29) is 24.6 Å². The summed E-state index contributed by atoms with van der Waals surface area (Å²) in [6.07, 6.45) is -0.140. The van der Waals surface area contributed by atoms with Gasteiger partial charge < -0.3 is 24.4 Å². The molecule has 2 heterocycles. The first-order valence-corrected chi connectivity index (χ1v) is 13.8. The maximum absolute atomic E-state index is 14.4. The normalized spacial score (nSPS) is 18.7. The van der Waals surface area contributed by atoms with Crippen molar-refractivity contribution in [2.45, 2.75) is 32.0 Å². The Labute approximate surface area is 244 Å². The first kappa shape index (κ1) is 28.3. The fraction of sp³-hybridized carbons (Fsp3) is 0.323. The van der Waals surface area contributed by atoms with Crippen LogP contribution in [0, 0.1) is 0 Å². The number of methoxy groups -OCH3 is 2. The summed E-state index contributed by atoms with van der Waals surface area (Å²) in [5.41, 5.74) is 2.35. The number of urea groups is 1. The van der Waals surface area contributed by atoms with Crippen molar-refractivity contribution in [3.63, 3.8) is 0 Å². The number of amidine groups is 1. The number of carbonyl (C=O) groups excluding carboxylic acids is 2. The van der Waals surface area contributed by atoms with Gasteiger partial charge in [0.25, 0.3) is 0 Å². The molecule has 1 fully saturated rings. The van der Waals surface area contributed by atoms with Crippen molar-refractivity contribution in [3.05, 3.63) is 88.4 Å². The number of rotatable bonds is 7. The second kappa shape index (κ2) is 12.1. The largest absolute Gasteiger partial charge is 0.497 e. The molecule has 0 bridgehead atoms. The van der Waals surface area contributed by atoms with E-state index in [0.29, 0.717) is 46.8 Å². The molecule has 0 unspecified atom stereocenters. The van der Waals surface area contributed by atoms with Crippen molar-refractivity contribution in [1.82, 2.24) is 15.1 Å². The topological polar surface area (TPSA) is 92.7 Å². The molecule has 3 amide bonds. The Kier molecular flexibility index (Phi) is 8.35. The molecule has 0 aromatic heterocycles. The number of hydrogen-bond donors (Lipinski definition) is 1. The number of carbonyl (C=O) groups is 2. The van der Waals surface area contributed by atoms with Crippen LogP contribution in [0.4, 0.5) is 4.79 Å². The zero-order chi connectivity index (χ0) is 29.1. The van der Waals surface area contributed by atoms with Crippen molar-refractivity contribution < 1.29 is 23.8 Å². The second-order valence-electron chi connectivity index (χ2n) is 10.1. The molecule has 1 N–H and O–H groups in total. The van der Waals surface area contributed by atoms with E-state index in [1.165, 1.54) is 0 Å². The van der Waals surface area contributed by atoms with Gasteiger partial charge in [-0.1, -0.05) is 35.9 Å². The minimum atomic E-state index is -0.548. The number of piperazine rings is 1. The summed E-state index contributed by atoms with van der Waals surface area (Å²) in [6.45, 7) is 4.58. The van der Waals surface area contributed by atoms with Gasteiger partial charge in [-0.3, -0.25) is 14.7 Å². The number of aliphatic imine (C=N–C) groups is 1. The van der Waals surface area contributed by atoms with Crippen LogP contribution in [-0.4, -0.2) is 67.5 Å². The molecule has 2 atom stereocenters. The Hall–Kier alpha value is -4.24. The molecule has 3 aromatic rings. The third-order valence-corrected chi connectivity index (χ3v) is 7.27. The first-order chi connectivity index (χ1) is 19.8. The van der Waals surface area contributed by atoms with Gasteiger partial charge in [0, 0.05) is 24.2 Å². The van der Waals surface area contributed by atoms with E-state index in [0.717, 1.165) is 11.1 Å². The summed E-state index contributed by atoms with van der Waals surface area (Å²) >= 11 is 6.24. The van der Waals surface area contributed by atoms with Crippen LogP contribution < -0.4 is 19.5 Å². The number of hydrogen-bond acceptors (Lipinski definition) is 6. The SMILES string of the molecule is COc1cccc([C@H]2[C@@H](c3ccc(Cl)cc3)N=C(c3ccc(OC)cc3OC(C)C)N2C(=O)N2CCNC(=O)C2)c1. The Balaban J connectivity index is 1.72. The van der Waals surface area contributed by atoms with Crippen molar-refractivity contribution in [3.8, 4) is 17.2 Å². The molecule has 0 saturated carbocycles. The van der Waals surface area contributed by atoms with Crippen LogP contribution in [0.5, 0.6) is 17.2 Å². The summed E-state index contributed by atoms with van der Waals surface area (Å²) in [5, 5.41) is 3.40. The predicted octanol–water partition coefficient (Wildman–Crippen LogP) is 5.24. The van der Waals surface area contributed by atoms with E-state index in [2.05, 4.69) is 5.32 Å². The van der Waals surface area contributed by atoms with Crippen LogP contribution in [0.3, 0.4) is 0 Å². The quantitative estimate of drug-likeness (QED) is 0.415. The monoisotopic (exact) mass is 576 g/mol. The average Bonchev–Trinajstić information content (AvgIpc) is 3.37. The molecule has 2 aliphatic rings. The number of amides is 3. The first-order valence-electron chi connectivity index (χ1n) is 13.5. The molecule has 10 heteroatoms. The van der Waals surface area contributed by atoms with Gasteiger partial charge in [-0.05, 0) is 61.4 Å². The van der Waals surface area contributed by atoms with E-state index in [1.54, 1.807) is 30.1 Å². The molecule has 0 spiro atoms. The lowest BCUT2D eigenvalue weighted by molar-refractivity contribution is -0.123. The number of nitrogens with zero attached hydrogens (tertiary/aromatic N) is 3. The van der Waals surface area contributed by atoms with E-state index in [4.69, 9.17) is 30.8 Å². The van der Waals surface area contributed by atoms with Crippen LogP contribution in [0.2, 0.25) is 5.02 Å². The molecule has 41 heavy (non-hydrogen) atoms. The third kappa shape index (κ3) is 5.95. The second-order valence-corrected chi connectivity index (χ2v) is 10.6. The van der Waals surface area contributed by atoms with Crippen LogP contribution in [0.15, 0.2) is 71.7 Å². The smallest absolute Gasteiger partial charge is 0.326 e. The average molecular weight is 577 g/mol. The maximum Gasteiger partial charge on any atom is 0.326 e. The molecule has 1 saturated heterocycles. The van der Waals surface area contributed by atoms with E-state index >= 15 is 0 Å². The van der Waals surface area contributed by atoms with Gasteiger partial charge >= 0.3 is 6.03 Å². The summed E-state index contributed by atoms with van der Waals surface area (Å²) in [4.78, 5) is 35.2. The third-order valence-electron chi connectivity index (χ3n) is 7.02. The standard InChI is InChI=1S/C31H33ClN4O5/c1-19(2)41-26-17-24(40-4)12-13-25(26)30-34-28(20-8-10-22(32)11-9-20)29(21-6-5-7-23(16-21)39-3)36(30)31(38)35-15-14-33-27(37)18-35/h5-13,16-17,19,28-29H,14-15,18H2,1-4H3,(H,33,37)/t28-,29+/m1/s1. The van der Waals surface area contributed by atoms with Crippen LogP contribution in [0.1, 0.15) is 42.6 Å². The highest BCUT2D eigenvalue weighted by Crippen LogP contribution is 2.46. The lowest BCUT2D eigenvalue weighted by atomic mass is 9.93. The van der Waals surface area contributed by atoms with Crippen molar-refractivity contribution in [2.75, 3.05) is 33.9 Å². The molecule has 0 aliphatic carbocycles. The molecular formula is C31H33ClN4O5. The highest BCUT2D eigenvalue weighted by Gasteiger charge is 2.45. The lowest BCUT2D eigenvalue weighted by Crippen LogP contribution is -2.55. The van der Waals surface area contributed by atoms with Gasteiger partial charge in [-0.15, -0.1) is 0 Å². The molecule has 214 valence electrons. The molecular weight excluding hydrogens is 544 g/mol. The summed E-state index contributed by atoms with van der Waals surface area (Å²) < 4.78 is 17.2. The van der Waals surface area contributed by atoms with Gasteiger partial charge in [0.2, 0.25) is 5.91 Å². The Morgan fingerprint density at radius 1 is 1.00 bits per heavy atom. The Morgan fingerprint density at radius 2 is 1.73 bits per heavy atom. The molecule has 3 aromatic carbocycles. The number of benzene rings is 3. The predicted molar refractivity (Wildman–Crippen MR) is 157 cm³/mol. The summed E-state index contributed by atoms with van der Waals surface area (Å²) in [7, 11) is 3.20. The van der Waals surface area contributed by atoms with Gasteiger partial charge in [-0.25, -0.2) is 4.79 Å². The van der Waals surface area contributed by atoms with Crippen LogP contribution in [-0.2, 0) is 4.79 Å². The van der Waals surface area contributed by atoms with Gasteiger partial charge in [0.15, 0.2) is 0 Å². The summed E-state index contributed by atoms with van der Waals surface area (Å²) in [5.74, 6) is 2.04. The van der Waals surface area contributed by atoms with Crippen LogP contribution >= 0.6 is 11.6 Å². The lowest BCUT2D eigenvalue weighted by Gasteiger charge is -2.36. The van der Waals surface area contributed by atoms with E-state index in [9.17, 15) is 9.59 Å². The van der Waals surface area contributed by atoms with Crippen molar-refractivity contribution >= 4 is 29.4 Å². The van der Waals surface area contributed by atoms with Gasteiger partial charge in [-0.2, -0.15) is 0 Å². The van der Waals surface area contributed by atoms with Crippen LogP contribution in [0.25, 0.3) is 0 Å². The highest BCUT2D eigenvalue weighted by molar-refractivity contribution is 6.30. The van der Waals surface area contributed by atoms with Crippen molar-refractivity contribution in [2.24, 2.45) is 4.99 Å². The maximum atomic E-state index is 14.4. The Morgan fingerprint density at radius 3 is 2.41 bits per heavy atom. The number of nitrogens with one attached hydrogen (secondary N) is 1. The fourth-order valence-electron chi connectivity index (χ4n) is 5.14. The zero-order valence-electron chi connectivity index (χ0n) is 23.5. The van der Waals surface area contributed by atoms with E-state index in [1.807, 2.05) is 74.5 Å². The zero-order valence-corrected chi connectivity index (χ0v) is 24.2. The number of halogens is 1. The number of ether oxygens (including phenoxy) is 3. The fourth-order valence-corrected chi connectivity index (χ4v) is 5.27. The minimum Gasteiger partial charge on any atom is -0.497 e. The molecule has 0 radical (unpaired) electrons. The van der Waals surface area contributed by atoms with Gasteiger partial charge in [0.05, 0.1) is 31.9 Å². The highest BCUT2D eigenvalue weighted by atomic mass is 35.5.